The molecule has 1 aromatic heterocycles. The molecule has 0 amide bonds. The van der Waals surface area contributed by atoms with Gasteiger partial charge >= 0.3 is 0 Å². The number of para-hydroxylation sites is 2. The quantitative estimate of drug-likeness (QED) is 0.894. The van der Waals surface area contributed by atoms with E-state index in [1.807, 2.05) is 31.2 Å². The molecule has 2 heterocycles. The lowest BCUT2D eigenvalue weighted by atomic mass is 10.1. The molecular formula is C14H17N3O. The first-order chi connectivity index (χ1) is 8.83. The van der Waals surface area contributed by atoms with Crippen molar-refractivity contribution in [1.29, 1.82) is 0 Å². The summed E-state index contributed by atoms with van der Waals surface area (Å²) in [5, 5.41) is 3.34. The van der Waals surface area contributed by atoms with Gasteiger partial charge in [0.05, 0.1) is 17.6 Å². The SMILES string of the molecule is Cc1nc2ccccc2nc1OCC1CCNC1. The third kappa shape index (κ3) is 2.29. The van der Waals surface area contributed by atoms with Crippen LogP contribution in [-0.4, -0.2) is 29.7 Å². The van der Waals surface area contributed by atoms with Gasteiger partial charge in [0.25, 0.3) is 0 Å². The zero-order chi connectivity index (χ0) is 12.4. The molecule has 1 aliphatic heterocycles. The van der Waals surface area contributed by atoms with Crippen LogP contribution in [0.5, 0.6) is 5.88 Å². The number of benzene rings is 1. The van der Waals surface area contributed by atoms with E-state index in [-0.39, 0.29) is 0 Å². The van der Waals surface area contributed by atoms with Gasteiger partial charge in [0, 0.05) is 12.5 Å². The number of hydrogen-bond donors (Lipinski definition) is 1. The molecule has 2 aromatic rings. The average Bonchev–Trinajstić information content (AvgIpc) is 2.89. The lowest BCUT2D eigenvalue weighted by molar-refractivity contribution is 0.249. The molecule has 1 unspecified atom stereocenters. The third-order valence-corrected chi connectivity index (χ3v) is 3.32. The minimum atomic E-state index is 0.595. The van der Waals surface area contributed by atoms with Crippen LogP contribution in [-0.2, 0) is 0 Å². The second-order valence-corrected chi connectivity index (χ2v) is 4.77. The van der Waals surface area contributed by atoms with E-state index in [1.165, 1.54) is 6.42 Å². The van der Waals surface area contributed by atoms with E-state index < -0.39 is 0 Å². The molecule has 3 rings (SSSR count). The van der Waals surface area contributed by atoms with Crippen molar-refractivity contribution in [2.75, 3.05) is 19.7 Å². The van der Waals surface area contributed by atoms with Gasteiger partial charge in [-0.1, -0.05) is 12.1 Å². The fourth-order valence-corrected chi connectivity index (χ4v) is 2.26. The summed E-state index contributed by atoms with van der Waals surface area (Å²) in [7, 11) is 0. The van der Waals surface area contributed by atoms with Crippen LogP contribution in [0.1, 0.15) is 12.1 Å². The smallest absolute Gasteiger partial charge is 0.235 e. The van der Waals surface area contributed by atoms with Gasteiger partial charge in [0.1, 0.15) is 5.69 Å². The van der Waals surface area contributed by atoms with Crippen molar-refractivity contribution in [1.82, 2.24) is 15.3 Å². The number of ether oxygens (including phenoxy) is 1. The van der Waals surface area contributed by atoms with E-state index in [2.05, 4.69) is 15.3 Å². The van der Waals surface area contributed by atoms with Gasteiger partial charge in [0.15, 0.2) is 0 Å². The molecule has 1 fully saturated rings. The van der Waals surface area contributed by atoms with Crippen LogP contribution >= 0.6 is 0 Å². The van der Waals surface area contributed by atoms with Gasteiger partial charge in [-0.25, -0.2) is 9.97 Å². The molecule has 4 nitrogen and oxygen atoms in total. The number of aryl methyl sites for hydroxylation is 1. The van der Waals surface area contributed by atoms with Crippen molar-refractivity contribution in [2.24, 2.45) is 5.92 Å². The predicted octanol–water partition coefficient (Wildman–Crippen LogP) is 1.93. The fraction of sp³-hybridized carbons (Fsp3) is 0.429. The molecule has 1 atom stereocenters. The number of rotatable bonds is 3. The van der Waals surface area contributed by atoms with Crippen LogP contribution in [0.2, 0.25) is 0 Å². The van der Waals surface area contributed by atoms with Gasteiger partial charge in [0.2, 0.25) is 5.88 Å². The van der Waals surface area contributed by atoms with E-state index in [0.717, 1.165) is 36.4 Å². The Kier molecular flexibility index (Phi) is 3.11. The normalized spacial score (nSPS) is 19.3. The first-order valence-electron chi connectivity index (χ1n) is 6.40. The number of nitrogens with one attached hydrogen (secondary N) is 1. The van der Waals surface area contributed by atoms with E-state index >= 15 is 0 Å². The Labute approximate surface area is 106 Å². The first kappa shape index (κ1) is 11.4. The summed E-state index contributed by atoms with van der Waals surface area (Å²) in [6.45, 7) is 4.80. The van der Waals surface area contributed by atoms with E-state index in [0.29, 0.717) is 11.8 Å². The highest BCUT2D eigenvalue weighted by Gasteiger charge is 2.16. The van der Waals surface area contributed by atoms with Crippen molar-refractivity contribution in [3.8, 4) is 5.88 Å². The van der Waals surface area contributed by atoms with Crippen LogP contribution in [0.25, 0.3) is 11.0 Å². The molecule has 0 bridgehead atoms. The minimum Gasteiger partial charge on any atom is -0.476 e. The summed E-state index contributed by atoms with van der Waals surface area (Å²) in [6, 6.07) is 7.88. The van der Waals surface area contributed by atoms with Crippen LogP contribution in [0.4, 0.5) is 0 Å². The van der Waals surface area contributed by atoms with Gasteiger partial charge in [-0.15, -0.1) is 0 Å². The van der Waals surface area contributed by atoms with E-state index in [1.54, 1.807) is 0 Å². The van der Waals surface area contributed by atoms with Crippen molar-refractivity contribution >= 4 is 11.0 Å². The molecule has 1 aromatic carbocycles. The maximum Gasteiger partial charge on any atom is 0.235 e. The van der Waals surface area contributed by atoms with Crippen LogP contribution in [0, 0.1) is 12.8 Å². The average molecular weight is 243 g/mol. The Bertz CT molecular complexity index is 550. The van der Waals surface area contributed by atoms with Crippen molar-refractivity contribution in [2.45, 2.75) is 13.3 Å². The minimum absolute atomic E-state index is 0.595. The zero-order valence-electron chi connectivity index (χ0n) is 10.5. The molecule has 0 radical (unpaired) electrons. The monoisotopic (exact) mass is 243 g/mol. The van der Waals surface area contributed by atoms with Gasteiger partial charge in [-0.05, 0) is 32.0 Å². The second kappa shape index (κ2) is 4.90. The van der Waals surface area contributed by atoms with Gasteiger partial charge < -0.3 is 10.1 Å². The number of nitrogens with zero attached hydrogens (tertiary/aromatic N) is 2. The molecule has 1 N–H and O–H groups in total. The number of hydrogen-bond acceptors (Lipinski definition) is 4. The Morgan fingerprint density at radius 2 is 2.06 bits per heavy atom. The number of fused-ring (bicyclic) bond motifs is 1. The second-order valence-electron chi connectivity index (χ2n) is 4.77. The molecule has 0 spiro atoms. The lowest BCUT2D eigenvalue weighted by Gasteiger charge is -2.12. The van der Waals surface area contributed by atoms with Crippen molar-refractivity contribution in [3.63, 3.8) is 0 Å². The predicted molar refractivity (Wildman–Crippen MR) is 70.7 cm³/mol. The zero-order valence-corrected chi connectivity index (χ0v) is 10.5. The maximum atomic E-state index is 5.82. The molecule has 18 heavy (non-hydrogen) atoms. The molecule has 1 aliphatic rings. The molecule has 94 valence electrons. The molecular weight excluding hydrogens is 226 g/mol. The molecule has 0 saturated carbocycles. The van der Waals surface area contributed by atoms with Crippen LogP contribution in [0.15, 0.2) is 24.3 Å². The standard InChI is InChI=1S/C14H17N3O/c1-10-14(18-9-11-6-7-15-8-11)17-13-5-3-2-4-12(13)16-10/h2-5,11,15H,6-9H2,1H3. The molecule has 4 heteroatoms. The van der Waals surface area contributed by atoms with Gasteiger partial charge in [-0.2, -0.15) is 0 Å². The topological polar surface area (TPSA) is 47.0 Å². The lowest BCUT2D eigenvalue weighted by Crippen LogP contribution is -2.16. The maximum absolute atomic E-state index is 5.82. The van der Waals surface area contributed by atoms with E-state index in [4.69, 9.17) is 4.74 Å². The van der Waals surface area contributed by atoms with Crippen LogP contribution in [0.3, 0.4) is 0 Å². The number of aromatic nitrogens is 2. The van der Waals surface area contributed by atoms with E-state index in [9.17, 15) is 0 Å². The Balaban J connectivity index is 1.80. The summed E-state index contributed by atoms with van der Waals surface area (Å²) < 4.78 is 5.82. The van der Waals surface area contributed by atoms with Crippen molar-refractivity contribution < 1.29 is 4.74 Å². The first-order valence-corrected chi connectivity index (χ1v) is 6.40. The fourth-order valence-electron chi connectivity index (χ4n) is 2.26. The Morgan fingerprint density at radius 3 is 2.78 bits per heavy atom. The summed E-state index contributed by atoms with van der Waals surface area (Å²) in [5.41, 5.74) is 2.67. The summed E-state index contributed by atoms with van der Waals surface area (Å²) in [6.07, 6.45) is 1.18. The summed E-state index contributed by atoms with van der Waals surface area (Å²) >= 11 is 0. The molecule has 1 saturated heterocycles. The van der Waals surface area contributed by atoms with Crippen LogP contribution < -0.4 is 10.1 Å². The molecule has 0 aliphatic carbocycles. The van der Waals surface area contributed by atoms with Gasteiger partial charge in [-0.3, -0.25) is 0 Å². The highest BCUT2D eigenvalue weighted by molar-refractivity contribution is 5.74. The highest BCUT2D eigenvalue weighted by atomic mass is 16.5. The highest BCUT2D eigenvalue weighted by Crippen LogP contribution is 2.19. The third-order valence-electron chi connectivity index (χ3n) is 3.32. The Morgan fingerprint density at radius 1 is 1.28 bits per heavy atom. The van der Waals surface area contributed by atoms with Crippen molar-refractivity contribution in [3.05, 3.63) is 30.0 Å². The Hall–Kier alpha value is -1.68. The summed E-state index contributed by atoms with van der Waals surface area (Å²) in [4.78, 5) is 9.05. The largest absolute Gasteiger partial charge is 0.476 e. The summed E-state index contributed by atoms with van der Waals surface area (Å²) in [5.74, 6) is 1.26.